The average molecular weight is 235 g/mol. The van der Waals surface area contributed by atoms with Gasteiger partial charge in [0.15, 0.2) is 0 Å². The van der Waals surface area contributed by atoms with Gasteiger partial charge in [0.25, 0.3) is 0 Å². The molecule has 0 aliphatic heterocycles. The van der Waals surface area contributed by atoms with E-state index >= 15 is 0 Å². The molecule has 1 aromatic carbocycles. The number of halogens is 1. The molecule has 1 atom stereocenters. The first-order chi connectivity index (χ1) is 7.80. The molecule has 0 aliphatic rings. The predicted octanol–water partition coefficient (Wildman–Crippen LogP) is 3.93. The summed E-state index contributed by atoms with van der Waals surface area (Å²) in [5.41, 5.74) is 7.73. The molecule has 0 bridgehead atoms. The third kappa shape index (κ3) is 2.07. The predicted molar refractivity (Wildman–Crippen MR) is 67.3 cm³/mol. The van der Waals surface area contributed by atoms with Crippen LogP contribution in [0.2, 0.25) is 0 Å². The van der Waals surface area contributed by atoms with Crippen LogP contribution in [-0.4, -0.2) is 0 Å². The van der Waals surface area contributed by atoms with Crippen LogP contribution in [0.3, 0.4) is 0 Å². The molecule has 0 spiro atoms. The van der Waals surface area contributed by atoms with Gasteiger partial charge in [-0.25, -0.2) is 4.39 Å². The van der Waals surface area contributed by atoms with E-state index in [1.54, 1.807) is 6.07 Å². The van der Waals surface area contributed by atoms with Crippen LogP contribution in [0, 0.1) is 18.2 Å². The summed E-state index contributed by atoms with van der Waals surface area (Å²) in [7, 11) is 0. The fourth-order valence-electron chi connectivity index (χ4n) is 1.90. The summed E-state index contributed by atoms with van der Waals surface area (Å²) in [5.74, 6) is 0.496. The molecule has 92 valence electrons. The minimum Gasteiger partial charge on any atom is -0.459 e. The molecule has 2 aromatic rings. The lowest BCUT2D eigenvalue weighted by molar-refractivity contribution is 0.289. The van der Waals surface area contributed by atoms with Gasteiger partial charge in [0.2, 0.25) is 0 Å². The maximum atomic E-state index is 13.2. The maximum absolute atomic E-state index is 13.2. The van der Waals surface area contributed by atoms with Crippen LogP contribution in [0.1, 0.15) is 38.1 Å². The first-order valence-corrected chi connectivity index (χ1v) is 5.75. The van der Waals surface area contributed by atoms with E-state index in [1.165, 1.54) is 12.1 Å². The Balaban J connectivity index is 2.60. The molecule has 1 heterocycles. The van der Waals surface area contributed by atoms with Crippen molar-refractivity contribution in [2.75, 3.05) is 0 Å². The number of rotatable bonds is 1. The average Bonchev–Trinajstić information content (AvgIpc) is 2.54. The molecule has 0 amide bonds. The van der Waals surface area contributed by atoms with Crippen molar-refractivity contribution in [1.29, 1.82) is 0 Å². The van der Waals surface area contributed by atoms with Crippen LogP contribution in [-0.2, 0) is 0 Å². The van der Waals surface area contributed by atoms with E-state index in [-0.39, 0.29) is 17.3 Å². The monoisotopic (exact) mass is 235 g/mol. The van der Waals surface area contributed by atoms with Gasteiger partial charge >= 0.3 is 0 Å². The molecule has 0 saturated carbocycles. The maximum Gasteiger partial charge on any atom is 0.134 e. The Kier molecular flexibility index (Phi) is 2.74. The van der Waals surface area contributed by atoms with Crippen LogP contribution >= 0.6 is 0 Å². The van der Waals surface area contributed by atoms with Crippen LogP contribution in [0.5, 0.6) is 0 Å². The Morgan fingerprint density at radius 3 is 2.53 bits per heavy atom. The molecule has 2 nitrogen and oxygen atoms in total. The lowest BCUT2D eigenvalue weighted by Gasteiger charge is -2.25. The number of hydrogen-bond acceptors (Lipinski definition) is 2. The van der Waals surface area contributed by atoms with Gasteiger partial charge in [-0.2, -0.15) is 0 Å². The fraction of sp³-hybridized carbons (Fsp3) is 0.429. The van der Waals surface area contributed by atoms with Crippen LogP contribution in [0.4, 0.5) is 4.39 Å². The highest BCUT2D eigenvalue weighted by Crippen LogP contribution is 2.36. The Labute approximate surface area is 101 Å². The van der Waals surface area contributed by atoms with Crippen LogP contribution < -0.4 is 5.73 Å². The van der Waals surface area contributed by atoms with Gasteiger partial charge in [-0.05, 0) is 30.5 Å². The Bertz CT molecular complexity index is 551. The highest BCUT2D eigenvalue weighted by molar-refractivity contribution is 5.82. The third-order valence-electron chi connectivity index (χ3n) is 3.15. The largest absolute Gasteiger partial charge is 0.459 e. The minimum absolute atomic E-state index is 0.0861. The van der Waals surface area contributed by atoms with Gasteiger partial charge in [0, 0.05) is 10.9 Å². The number of furan rings is 1. The van der Waals surface area contributed by atoms with Gasteiger partial charge in [0.1, 0.15) is 17.2 Å². The summed E-state index contributed by atoms with van der Waals surface area (Å²) < 4.78 is 18.9. The van der Waals surface area contributed by atoms with Gasteiger partial charge in [0.05, 0.1) is 6.04 Å². The summed E-state index contributed by atoms with van der Waals surface area (Å²) in [6.45, 7) is 8.10. The first-order valence-electron chi connectivity index (χ1n) is 5.75. The van der Waals surface area contributed by atoms with Crippen molar-refractivity contribution >= 4 is 11.0 Å². The van der Waals surface area contributed by atoms with Crippen molar-refractivity contribution in [3.8, 4) is 0 Å². The zero-order chi connectivity index (χ0) is 12.8. The van der Waals surface area contributed by atoms with E-state index in [4.69, 9.17) is 10.2 Å². The van der Waals surface area contributed by atoms with E-state index in [9.17, 15) is 4.39 Å². The minimum atomic E-state index is -0.253. The molecule has 2 rings (SSSR count). The number of aryl methyl sites for hydroxylation is 1. The normalized spacial score (nSPS) is 14.2. The van der Waals surface area contributed by atoms with Gasteiger partial charge in [-0.1, -0.05) is 20.8 Å². The molecule has 0 saturated heterocycles. The molecule has 0 radical (unpaired) electrons. The summed E-state index contributed by atoms with van der Waals surface area (Å²) in [4.78, 5) is 0. The summed E-state index contributed by atoms with van der Waals surface area (Å²) in [6.07, 6.45) is 0. The van der Waals surface area contributed by atoms with Gasteiger partial charge in [-0.3, -0.25) is 0 Å². The van der Waals surface area contributed by atoms with E-state index in [0.717, 1.165) is 16.7 Å². The lowest BCUT2D eigenvalue weighted by atomic mass is 9.85. The summed E-state index contributed by atoms with van der Waals surface area (Å²) >= 11 is 0. The van der Waals surface area contributed by atoms with E-state index in [0.29, 0.717) is 5.58 Å². The molecule has 1 unspecified atom stereocenters. The van der Waals surface area contributed by atoms with Crippen molar-refractivity contribution in [2.24, 2.45) is 11.1 Å². The second-order valence-electron chi connectivity index (χ2n) is 5.58. The first kappa shape index (κ1) is 12.1. The molecule has 0 fully saturated rings. The van der Waals surface area contributed by atoms with Gasteiger partial charge < -0.3 is 10.2 Å². The number of fused-ring (bicyclic) bond motifs is 1. The van der Waals surface area contributed by atoms with Crippen molar-refractivity contribution in [2.45, 2.75) is 33.7 Å². The van der Waals surface area contributed by atoms with Crippen molar-refractivity contribution in [3.05, 3.63) is 35.3 Å². The van der Waals surface area contributed by atoms with Crippen LogP contribution in [0.15, 0.2) is 22.6 Å². The highest BCUT2D eigenvalue weighted by Gasteiger charge is 2.27. The van der Waals surface area contributed by atoms with E-state index in [2.05, 4.69) is 20.8 Å². The molecular weight excluding hydrogens is 217 g/mol. The molecule has 17 heavy (non-hydrogen) atoms. The molecule has 0 aliphatic carbocycles. The number of nitrogens with two attached hydrogens (primary N) is 1. The second-order valence-corrected chi connectivity index (χ2v) is 5.58. The van der Waals surface area contributed by atoms with Crippen molar-refractivity contribution in [3.63, 3.8) is 0 Å². The Hall–Kier alpha value is -1.35. The topological polar surface area (TPSA) is 39.2 Å². The number of hydrogen-bond donors (Lipinski definition) is 1. The molecule has 1 aromatic heterocycles. The van der Waals surface area contributed by atoms with E-state index < -0.39 is 0 Å². The second kappa shape index (κ2) is 3.84. The molecule has 3 heteroatoms. The third-order valence-corrected chi connectivity index (χ3v) is 3.15. The van der Waals surface area contributed by atoms with Crippen LogP contribution in [0.25, 0.3) is 11.0 Å². The Morgan fingerprint density at radius 1 is 1.29 bits per heavy atom. The van der Waals surface area contributed by atoms with E-state index in [1.807, 2.05) is 6.92 Å². The molecular formula is C14H18FNO. The quantitative estimate of drug-likeness (QED) is 0.813. The van der Waals surface area contributed by atoms with Crippen molar-refractivity contribution in [1.82, 2.24) is 0 Å². The number of benzene rings is 1. The summed E-state index contributed by atoms with van der Waals surface area (Å²) in [6, 6.07) is 4.35. The highest BCUT2D eigenvalue weighted by atomic mass is 19.1. The van der Waals surface area contributed by atoms with Crippen molar-refractivity contribution < 1.29 is 8.81 Å². The molecule has 2 N–H and O–H groups in total. The Morgan fingerprint density at radius 2 is 1.94 bits per heavy atom. The smallest absolute Gasteiger partial charge is 0.134 e. The fourth-order valence-corrected chi connectivity index (χ4v) is 1.90. The summed E-state index contributed by atoms with van der Waals surface area (Å²) in [5, 5.41) is 0.805. The van der Waals surface area contributed by atoms with Gasteiger partial charge in [-0.15, -0.1) is 0 Å². The zero-order valence-corrected chi connectivity index (χ0v) is 10.7. The SMILES string of the molecule is Cc1c(C(N)C(C)(C)C)oc2ccc(F)cc12. The zero-order valence-electron chi connectivity index (χ0n) is 10.7. The lowest BCUT2D eigenvalue weighted by Crippen LogP contribution is -2.26. The standard InChI is InChI=1S/C14H18FNO/c1-8-10-7-9(15)5-6-11(10)17-12(8)13(16)14(2,3)4/h5-7,13H,16H2,1-4H3.